The molecule has 0 N–H and O–H groups in total. The SMILES string of the molecule is CCC(C(=O)Br)C(=O)Br. The van der Waals surface area contributed by atoms with Crippen LogP contribution in [-0.4, -0.2) is 9.39 Å². The van der Waals surface area contributed by atoms with Crippen LogP contribution in [-0.2, 0) is 9.59 Å². The zero-order chi connectivity index (χ0) is 7.44. The highest BCUT2D eigenvalue weighted by molar-refractivity contribution is 9.19. The second kappa shape index (κ2) is 4.17. The molecule has 0 saturated heterocycles. The van der Waals surface area contributed by atoms with Gasteiger partial charge < -0.3 is 0 Å². The lowest BCUT2D eigenvalue weighted by Crippen LogP contribution is -2.13. The largest absolute Gasteiger partial charge is 0.286 e. The minimum Gasteiger partial charge on any atom is -0.286 e. The molecule has 52 valence electrons. The van der Waals surface area contributed by atoms with Gasteiger partial charge in [0.05, 0.1) is 5.92 Å². The highest BCUT2D eigenvalue weighted by Crippen LogP contribution is 2.12. The van der Waals surface area contributed by atoms with Crippen LogP contribution in [0.15, 0.2) is 0 Å². The first-order valence-electron chi connectivity index (χ1n) is 2.48. The number of carbonyl (C=O) groups is 2. The maximum absolute atomic E-state index is 10.5. The topological polar surface area (TPSA) is 34.1 Å². The van der Waals surface area contributed by atoms with E-state index in [4.69, 9.17) is 0 Å². The molecule has 0 aliphatic heterocycles. The molecule has 0 aliphatic rings. The molecule has 0 aliphatic carbocycles. The van der Waals surface area contributed by atoms with Crippen LogP contribution in [0.4, 0.5) is 0 Å². The van der Waals surface area contributed by atoms with E-state index in [0.29, 0.717) is 6.42 Å². The Labute approximate surface area is 70.3 Å². The molecule has 0 bridgehead atoms. The average Bonchev–Trinajstić information content (AvgIpc) is 1.64. The van der Waals surface area contributed by atoms with Crippen LogP contribution in [0.3, 0.4) is 0 Å². The molecule has 0 heterocycles. The summed E-state index contributed by atoms with van der Waals surface area (Å²) in [5.41, 5.74) is 0. The number of carbonyl (C=O) groups excluding carboxylic acids is 2. The van der Waals surface area contributed by atoms with Gasteiger partial charge in [0, 0.05) is 0 Å². The molecule has 0 unspecified atom stereocenters. The first kappa shape index (κ1) is 9.30. The molecule has 0 saturated carbocycles. The highest BCUT2D eigenvalue weighted by atomic mass is 79.9. The third-order valence-electron chi connectivity index (χ3n) is 0.956. The van der Waals surface area contributed by atoms with E-state index < -0.39 is 5.92 Å². The van der Waals surface area contributed by atoms with Crippen molar-refractivity contribution in [3.05, 3.63) is 0 Å². The first-order valence-corrected chi connectivity index (χ1v) is 4.06. The fraction of sp³-hybridized carbons (Fsp3) is 0.600. The van der Waals surface area contributed by atoms with Gasteiger partial charge in [-0.3, -0.25) is 9.59 Å². The van der Waals surface area contributed by atoms with Gasteiger partial charge in [-0.05, 0) is 38.3 Å². The molecule has 0 spiro atoms. The van der Waals surface area contributed by atoms with Crippen LogP contribution in [0.2, 0.25) is 0 Å². The molecule has 0 aromatic heterocycles. The standard InChI is InChI=1S/C5H6Br2O2/c1-2-3(4(6)8)5(7)9/h3H,2H2,1H3. The summed E-state index contributed by atoms with van der Waals surface area (Å²) < 4.78 is -0.515. The normalized spacial score (nSPS) is 9.78. The molecule has 0 radical (unpaired) electrons. The molecule has 0 atom stereocenters. The average molecular weight is 258 g/mol. The van der Waals surface area contributed by atoms with Crippen molar-refractivity contribution >= 4 is 41.2 Å². The van der Waals surface area contributed by atoms with E-state index in [0.717, 1.165) is 0 Å². The molecule has 0 aromatic rings. The predicted octanol–water partition coefficient (Wildman–Crippen LogP) is 1.86. The third-order valence-corrected chi connectivity index (χ3v) is 2.06. The summed E-state index contributed by atoms with van der Waals surface area (Å²) in [5, 5.41) is 0. The molecule has 0 rings (SSSR count). The molecule has 0 amide bonds. The Kier molecular flexibility index (Phi) is 4.31. The molecule has 9 heavy (non-hydrogen) atoms. The molecular formula is C5H6Br2O2. The van der Waals surface area contributed by atoms with Crippen LogP contribution >= 0.6 is 31.9 Å². The summed E-state index contributed by atoms with van der Waals surface area (Å²) >= 11 is 5.42. The Morgan fingerprint density at radius 2 is 1.67 bits per heavy atom. The third kappa shape index (κ3) is 3.11. The van der Waals surface area contributed by atoms with E-state index >= 15 is 0 Å². The Balaban J connectivity index is 3.99. The maximum atomic E-state index is 10.5. The fourth-order valence-corrected chi connectivity index (χ4v) is 1.78. The van der Waals surface area contributed by atoms with E-state index in [9.17, 15) is 9.59 Å². The summed E-state index contributed by atoms with van der Waals surface area (Å²) in [7, 11) is 0. The minimum atomic E-state index is -0.523. The van der Waals surface area contributed by atoms with Crippen LogP contribution in [0, 0.1) is 5.92 Å². The lowest BCUT2D eigenvalue weighted by Gasteiger charge is -2.00. The summed E-state index contributed by atoms with van der Waals surface area (Å²) in [5.74, 6) is -0.523. The van der Waals surface area contributed by atoms with Gasteiger partial charge in [0.15, 0.2) is 0 Å². The van der Waals surface area contributed by atoms with Gasteiger partial charge in [-0.2, -0.15) is 0 Å². The zero-order valence-electron chi connectivity index (χ0n) is 4.86. The second-order valence-corrected chi connectivity index (χ2v) is 3.13. The number of rotatable bonds is 3. The van der Waals surface area contributed by atoms with Crippen LogP contribution in [0.1, 0.15) is 13.3 Å². The van der Waals surface area contributed by atoms with Crippen molar-refractivity contribution < 1.29 is 9.59 Å². The van der Waals surface area contributed by atoms with Crippen molar-refractivity contribution in [1.82, 2.24) is 0 Å². The van der Waals surface area contributed by atoms with Crippen molar-refractivity contribution in [2.75, 3.05) is 0 Å². The van der Waals surface area contributed by atoms with Gasteiger partial charge in [-0.25, -0.2) is 0 Å². The summed E-state index contributed by atoms with van der Waals surface area (Å²) in [6, 6.07) is 0. The molecule has 2 nitrogen and oxygen atoms in total. The first-order chi connectivity index (χ1) is 4.09. The number of halogens is 2. The molecule has 4 heteroatoms. The van der Waals surface area contributed by atoms with Crippen LogP contribution < -0.4 is 0 Å². The number of hydrogen-bond acceptors (Lipinski definition) is 2. The van der Waals surface area contributed by atoms with E-state index in [-0.39, 0.29) is 9.39 Å². The van der Waals surface area contributed by atoms with Gasteiger partial charge in [0.1, 0.15) is 0 Å². The summed E-state index contributed by atoms with van der Waals surface area (Å²) in [6.07, 6.45) is 0.536. The summed E-state index contributed by atoms with van der Waals surface area (Å²) in [4.78, 5) is 21.0. The lowest BCUT2D eigenvalue weighted by atomic mass is 10.1. The minimum absolute atomic E-state index is 0.258. The van der Waals surface area contributed by atoms with Gasteiger partial charge in [-0.15, -0.1) is 0 Å². The summed E-state index contributed by atoms with van der Waals surface area (Å²) in [6.45, 7) is 1.78. The Morgan fingerprint density at radius 1 is 1.33 bits per heavy atom. The van der Waals surface area contributed by atoms with Crippen molar-refractivity contribution in [1.29, 1.82) is 0 Å². The van der Waals surface area contributed by atoms with E-state index in [1.807, 2.05) is 0 Å². The van der Waals surface area contributed by atoms with Crippen molar-refractivity contribution in [2.45, 2.75) is 13.3 Å². The van der Waals surface area contributed by atoms with Crippen molar-refractivity contribution in [2.24, 2.45) is 5.92 Å². The van der Waals surface area contributed by atoms with E-state index in [2.05, 4.69) is 31.9 Å². The van der Waals surface area contributed by atoms with Gasteiger partial charge in [0.25, 0.3) is 0 Å². The molecular weight excluding hydrogens is 252 g/mol. The van der Waals surface area contributed by atoms with Crippen LogP contribution in [0.25, 0.3) is 0 Å². The van der Waals surface area contributed by atoms with Gasteiger partial charge >= 0.3 is 0 Å². The second-order valence-electron chi connectivity index (χ2n) is 1.57. The van der Waals surface area contributed by atoms with Crippen LogP contribution in [0.5, 0.6) is 0 Å². The highest BCUT2D eigenvalue weighted by Gasteiger charge is 2.19. The van der Waals surface area contributed by atoms with E-state index in [1.165, 1.54) is 0 Å². The smallest absolute Gasteiger partial charge is 0.209 e. The lowest BCUT2D eigenvalue weighted by molar-refractivity contribution is -0.122. The molecule has 0 fully saturated rings. The number of hydrogen-bond donors (Lipinski definition) is 0. The monoisotopic (exact) mass is 256 g/mol. The Morgan fingerprint density at radius 3 is 1.67 bits per heavy atom. The Hall–Kier alpha value is 0.300. The van der Waals surface area contributed by atoms with Crippen molar-refractivity contribution in [3.63, 3.8) is 0 Å². The van der Waals surface area contributed by atoms with Crippen molar-refractivity contribution in [3.8, 4) is 0 Å². The van der Waals surface area contributed by atoms with Gasteiger partial charge in [0.2, 0.25) is 9.39 Å². The van der Waals surface area contributed by atoms with Gasteiger partial charge in [-0.1, -0.05) is 6.92 Å². The van der Waals surface area contributed by atoms with E-state index in [1.54, 1.807) is 6.92 Å². The molecule has 0 aromatic carbocycles. The quantitative estimate of drug-likeness (QED) is 0.571. The maximum Gasteiger partial charge on any atom is 0.209 e. The fourth-order valence-electron chi connectivity index (χ4n) is 0.410. The predicted molar refractivity (Wildman–Crippen MR) is 41.6 cm³/mol. The Bertz CT molecular complexity index is 119. The zero-order valence-corrected chi connectivity index (χ0v) is 8.03.